The minimum atomic E-state index is -0.180. The Bertz CT molecular complexity index is 1150. The van der Waals surface area contributed by atoms with E-state index in [2.05, 4.69) is 68.9 Å². The highest BCUT2D eigenvalue weighted by Gasteiger charge is 2.26. The molecular weight excluding hydrogens is 464 g/mol. The number of rotatable bonds is 9. The van der Waals surface area contributed by atoms with Crippen molar-refractivity contribution in [3.8, 4) is 11.1 Å². The summed E-state index contributed by atoms with van der Waals surface area (Å²) in [5.74, 6) is 0.992. The molecule has 0 radical (unpaired) electrons. The number of benzene rings is 1. The summed E-state index contributed by atoms with van der Waals surface area (Å²) >= 11 is 0. The van der Waals surface area contributed by atoms with Gasteiger partial charge in [-0.25, -0.2) is 9.50 Å². The summed E-state index contributed by atoms with van der Waals surface area (Å²) in [6.07, 6.45) is 5.40. The average molecular weight is 507 g/mol. The van der Waals surface area contributed by atoms with Gasteiger partial charge in [-0.2, -0.15) is 0 Å². The Balaban J connectivity index is 1.41. The normalized spacial score (nSPS) is 22.4. The summed E-state index contributed by atoms with van der Waals surface area (Å²) in [6, 6.07) is 11.4. The Morgan fingerprint density at radius 2 is 1.81 bits per heavy atom. The average Bonchev–Trinajstić information content (AvgIpc) is 3.28. The molecule has 1 atom stereocenters. The van der Waals surface area contributed by atoms with Crippen molar-refractivity contribution in [2.24, 2.45) is 0 Å². The lowest BCUT2D eigenvalue weighted by Crippen LogP contribution is -2.43. The Labute approximate surface area is 220 Å². The van der Waals surface area contributed by atoms with Gasteiger partial charge < -0.3 is 20.1 Å². The monoisotopic (exact) mass is 506 g/mol. The second kappa shape index (κ2) is 11.9. The fourth-order valence-electron chi connectivity index (χ4n) is 5.59. The lowest BCUT2D eigenvalue weighted by molar-refractivity contribution is 0.121. The predicted octanol–water partition coefficient (Wildman–Crippen LogP) is 4.00. The number of likely N-dealkylation sites (N-methyl/N-ethyl adjacent to an activating group) is 1. The van der Waals surface area contributed by atoms with Crippen molar-refractivity contribution in [2.75, 3.05) is 51.8 Å². The number of aliphatic hydroxyl groups is 1. The Hall–Kier alpha value is -2.52. The van der Waals surface area contributed by atoms with Crippen molar-refractivity contribution in [1.82, 2.24) is 24.4 Å². The smallest absolute Gasteiger partial charge is 0.241 e. The van der Waals surface area contributed by atoms with E-state index in [1.165, 1.54) is 22.4 Å². The molecule has 1 saturated carbocycles. The van der Waals surface area contributed by atoms with Crippen LogP contribution in [-0.2, 0) is 11.3 Å². The maximum Gasteiger partial charge on any atom is 0.241 e. The SMILES string of the molecule is CCOC[C@H](C)Nc1ncc2c(-c3ccc(CN4CCN(C)CC4)cc3)cc([C@H]3CC[C@H](O)CC3)n2n1. The largest absolute Gasteiger partial charge is 0.393 e. The molecule has 2 aliphatic rings. The Morgan fingerprint density at radius 3 is 2.51 bits per heavy atom. The zero-order chi connectivity index (χ0) is 25.8. The first-order valence-corrected chi connectivity index (χ1v) is 13.9. The number of hydrogen-bond acceptors (Lipinski definition) is 7. The van der Waals surface area contributed by atoms with E-state index in [0.29, 0.717) is 25.1 Å². The summed E-state index contributed by atoms with van der Waals surface area (Å²) < 4.78 is 7.64. The fourth-order valence-corrected chi connectivity index (χ4v) is 5.59. The molecule has 1 aliphatic carbocycles. The molecule has 8 nitrogen and oxygen atoms in total. The Kier molecular flexibility index (Phi) is 8.39. The van der Waals surface area contributed by atoms with E-state index < -0.39 is 0 Å². The maximum absolute atomic E-state index is 10.1. The number of fused-ring (bicyclic) bond motifs is 1. The van der Waals surface area contributed by atoms with E-state index in [9.17, 15) is 5.11 Å². The molecule has 0 spiro atoms. The number of piperazine rings is 1. The van der Waals surface area contributed by atoms with Crippen LogP contribution in [-0.4, -0.2) is 88.1 Å². The topological polar surface area (TPSA) is 78.2 Å². The molecule has 3 heterocycles. The van der Waals surface area contributed by atoms with Crippen molar-refractivity contribution in [3.63, 3.8) is 0 Å². The van der Waals surface area contributed by atoms with Crippen LogP contribution in [0, 0.1) is 0 Å². The molecule has 1 saturated heterocycles. The first kappa shape index (κ1) is 26.1. The van der Waals surface area contributed by atoms with E-state index >= 15 is 0 Å². The molecule has 2 fully saturated rings. The third-order valence-corrected chi connectivity index (χ3v) is 7.87. The van der Waals surface area contributed by atoms with Gasteiger partial charge in [0.05, 0.1) is 24.4 Å². The second-order valence-corrected chi connectivity index (χ2v) is 10.8. The lowest BCUT2D eigenvalue weighted by Gasteiger charge is -2.32. The van der Waals surface area contributed by atoms with Gasteiger partial charge in [-0.05, 0) is 63.8 Å². The summed E-state index contributed by atoms with van der Waals surface area (Å²) in [4.78, 5) is 9.59. The molecule has 3 aromatic rings. The van der Waals surface area contributed by atoms with E-state index in [4.69, 9.17) is 9.84 Å². The van der Waals surface area contributed by atoms with Crippen LogP contribution in [0.25, 0.3) is 16.6 Å². The zero-order valence-electron chi connectivity index (χ0n) is 22.6. The molecule has 2 aromatic heterocycles. The van der Waals surface area contributed by atoms with Crippen LogP contribution in [0.15, 0.2) is 36.5 Å². The minimum Gasteiger partial charge on any atom is -0.393 e. The quantitative estimate of drug-likeness (QED) is 0.454. The van der Waals surface area contributed by atoms with Crippen molar-refractivity contribution < 1.29 is 9.84 Å². The first-order chi connectivity index (χ1) is 18.0. The maximum atomic E-state index is 10.1. The highest BCUT2D eigenvalue weighted by molar-refractivity contribution is 5.81. The number of aliphatic hydroxyl groups excluding tert-OH is 1. The van der Waals surface area contributed by atoms with Gasteiger partial charge in [0.25, 0.3) is 0 Å². The highest BCUT2D eigenvalue weighted by atomic mass is 16.5. The van der Waals surface area contributed by atoms with Gasteiger partial charge in [0.2, 0.25) is 5.95 Å². The highest BCUT2D eigenvalue weighted by Crippen LogP contribution is 2.37. The standard InChI is InChI=1S/C29H42N6O2/c1-4-37-20-21(2)31-29-30-18-28-26(17-27(35(28)32-29)24-9-11-25(36)12-10-24)23-7-5-22(6-8-23)19-34-15-13-33(3)14-16-34/h5-8,17-18,21,24-25,36H,4,9-16,19-20H2,1-3H3,(H,31,32)/t21-,24-,25-/m0/s1. The molecule has 0 unspecified atom stereocenters. The molecule has 0 amide bonds. The number of nitrogens with one attached hydrogen (secondary N) is 1. The van der Waals surface area contributed by atoms with E-state index in [1.54, 1.807) is 0 Å². The molecular formula is C29H42N6O2. The second-order valence-electron chi connectivity index (χ2n) is 10.8. The van der Waals surface area contributed by atoms with Crippen LogP contribution in [0.2, 0.25) is 0 Å². The van der Waals surface area contributed by atoms with Crippen molar-refractivity contribution >= 4 is 11.5 Å². The molecule has 5 rings (SSSR count). The molecule has 37 heavy (non-hydrogen) atoms. The molecule has 8 heteroatoms. The molecule has 1 aromatic carbocycles. The van der Waals surface area contributed by atoms with Gasteiger partial charge in [-0.15, -0.1) is 5.10 Å². The third-order valence-electron chi connectivity index (χ3n) is 7.87. The summed E-state index contributed by atoms with van der Waals surface area (Å²) in [6.45, 7) is 10.9. The van der Waals surface area contributed by atoms with Crippen LogP contribution in [0.3, 0.4) is 0 Å². The summed E-state index contributed by atoms with van der Waals surface area (Å²) in [7, 11) is 2.20. The van der Waals surface area contributed by atoms with Crippen molar-refractivity contribution in [1.29, 1.82) is 0 Å². The van der Waals surface area contributed by atoms with E-state index in [1.807, 2.05) is 13.1 Å². The van der Waals surface area contributed by atoms with Crippen LogP contribution in [0.4, 0.5) is 5.95 Å². The number of aromatic nitrogens is 3. The fraction of sp³-hybridized carbons (Fsp3) is 0.586. The van der Waals surface area contributed by atoms with Gasteiger partial charge in [-0.3, -0.25) is 4.90 Å². The van der Waals surface area contributed by atoms with Gasteiger partial charge in [-0.1, -0.05) is 24.3 Å². The Morgan fingerprint density at radius 1 is 1.08 bits per heavy atom. The van der Waals surface area contributed by atoms with E-state index in [-0.39, 0.29) is 12.1 Å². The van der Waals surface area contributed by atoms with Gasteiger partial charge in [0.15, 0.2) is 0 Å². The molecule has 200 valence electrons. The van der Waals surface area contributed by atoms with E-state index in [0.717, 1.165) is 63.9 Å². The van der Waals surface area contributed by atoms with Crippen molar-refractivity contribution in [2.45, 2.75) is 64.1 Å². The number of nitrogens with zero attached hydrogens (tertiary/aromatic N) is 5. The summed E-state index contributed by atoms with van der Waals surface area (Å²) in [5, 5.41) is 18.4. The third kappa shape index (κ3) is 6.32. The van der Waals surface area contributed by atoms with Crippen molar-refractivity contribution in [3.05, 3.63) is 47.8 Å². The molecule has 0 bridgehead atoms. The predicted molar refractivity (Wildman–Crippen MR) is 148 cm³/mol. The lowest BCUT2D eigenvalue weighted by atomic mass is 9.85. The zero-order valence-corrected chi connectivity index (χ0v) is 22.6. The van der Waals surface area contributed by atoms with Crippen LogP contribution >= 0.6 is 0 Å². The number of ether oxygens (including phenoxy) is 1. The van der Waals surface area contributed by atoms with Gasteiger partial charge >= 0.3 is 0 Å². The first-order valence-electron chi connectivity index (χ1n) is 13.9. The number of anilines is 1. The van der Waals surface area contributed by atoms with Crippen LogP contribution in [0.1, 0.15) is 56.7 Å². The summed E-state index contributed by atoms with van der Waals surface area (Å²) in [5.41, 5.74) is 5.94. The molecule has 1 aliphatic heterocycles. The van der Waals surface area contributed by atoms with Gasteiger partial charge in [0, 0.05) is 62.5 Å². The molecule has 2 N–H and O–H groups in total. The van der Waals surface area contributed by atoms with Crippen LogP contribution < -0.4 is 5.32 Å². The van der Waals surface area contributed by atoms with Gasteiger partial charge in [0.1, 0.15) is 0 Å². The minimum absolute atomic E-state index is 0.119. The number of hydrogen-bond donors (Lipinski definition) is 2. The van der Waals surface area contributed by atoms with Crippen LogP contribution in [0.5, 0.6) is 0 Å².